The van der Waals surface area contributed by atoms with Gasteiger partial charge in [-0.2, -0.15) is 0 Å². The van der Waals surface area contributed by atoms with Crippen LogP contribution in [0.4, 0.5) is 5.69 Å². The molecule has 3 rings (SSSR count). The van der Waals surface area contributed by atoms with Crippen molar-refractivity contribution in [2.45, 2.75) is 73.8 Å². The Balaban J connectivity index is 0.00000199. The van der Waals surface area contributed by atoms with Gasteiger partial charge in [0.1, 0.15) is 4.88 Å². The molecule has 0 amide bonds. The summed E-state index contributed by atoms with van der Waals surface area (Å²) in [5.41, 5.74) is 4.71. The summed E-state index contributed by atoms with van der Waals surface area (Å²) in [6, 6.07) is 13.3. The van der Waals surface area contributed by atoms with Crippen LogP contribution >= 0.6 is 22.9 Å². The molecule has 0 aliphatic rings. The molecular formula is C33H44ClNO3S2. The number of anilines is 1. The normalized spacial score (nSPS) is 10.7. The monoisotopic (exact) mass is 601 g/mol. The Morgan fingerprint density at radius 1 is 1.05 bits per heavy atom. The fourth-order valence-corrected chi connectivity index (χ4v) is 6.10. The molecule has 0 fully saturated rings. The van der Waals surface area contributed by atoms with E-state index in [1.54, 1.807) is 22.5 Å². The van der Waals surface area contributed by atoms with E-state index in [-0.39, 0.29) is 11.4 Å². The van der Waals surface area contributed by atoms with E-state index in [9.17, 15) is 14.1 Å². The highest BCUT2D eigenvalue weighted by molar-refractivity contribution is 7.86. The van der Waals surface area contributed by atoms with Gasteiger partial charge < -0.3 is 5.11 Å². The van der Waals surface area contributed by atoms with Crippen molar-refractivity contribution in [3.63, 3.8) is 0 Å². The van der Waals surface area contributed by atoms with Crippen LogP contribution in [-0.2, 0) is 17.5 Å². The molecule has 2 aromatic carbocycles. The molecule has 1 N–H and O–H groups in total. The SMILES string of the molecule is C=C(/C=C\C)c1cc(N(Cc2cccc(C)c2)S(=O)c2cc(C)c(Cl)cc2C)c(C(=O)O)s1.C=CC.CC.CC. The van der Waals surface area contributed by atoms with Gasteiger partial charge in [0.25, 0.3) is 0 Å². The van der Waals surface area contributed by atoms with Crippen molar-refractivity contribution in [2.75, 3.05) is 4.31 Å². The predicted octanol–water partition coefficient (Wildman–Crippen LogP) is 10.6. The largest absolute Gasteiger partial charge is 0.477 e. The lowest BCUT2D eigenvalue weighted by Gasteiger charge is -2.25. The van der Waals surface area contributed by atoms with Gasteiger partial charge in [-0.3, -0.25) is 4.31 Å². The van der Waals surface area contributed by atoms with Crippen LogP contribution in [0.15, 0.2) is 78.7 Å². The van der Waals surface area contributed by atoms with Gasteiger partial charge in [-0.05, 0) is 75.1 Å². The summed E-state index contributed by atoms with van der Waals surface area (Å²) in [5, 5.41) is 10.6. The summed E-state index contributed by atoms with van der Waals surface area (Å²) < 4.78 is 15.6. The second-order valence-corrected chi connectivity index (χ2v) is 11.0. The Morgan fingerprint density at radius 2 is 1.65 bits per heavy atom. The number of hydrogen-bond acceptors (Lipinski definition) is 3. The lowest BCUT2D eigenvalue weighted by molar-refractivity contribution is 0.0703. The fraction of sp³-hybridized carbons (Fsp3) is 0.303. The number of rotatable bonds is 8. The first-order valence-corrected chi connectivity index (χ1v) is 15.6. The van der Waals surface area contributed by atoms with Crippen molar-refractivity contribution < 1.29 is 14.1 Å². The van der Waals surface area contributed by atoms with E-state index in [1.807, 2.05) is 105 Å². The quantitative estimate of drug-likeness (QED) is 0.206. The topological polar surface area (TPSA) is 57.6 Å². The number of nitrogens with zero attached hydrogens (tertiary/aromatic N) is 1. The van der Waals surface area contributed by atoms with Crippen LogP contribution in [0.2, 0.25) is 5.02 Å². The van der Waals surface area contributed by atoms with Crippen molar-refractivity contribution in [1.29, 1.82) is 0 Å². The van der Waals surface area contributed by atoms with Gasteiger partial charge in [0.15, 0.2) is 11.0 Å². The molecule has 4 nitrogen and oxygen atoms in total. The molecule has 0 aliphatic heterocycles. The van der Waals surface area contributed by atoms with E-state index < -0.39 is 17.0 Å². The van der Waals surface area contributed by atoms with Gasteiger partial charge in [0.05, 0.1) is 17.1 Å². The predicted molar refractivity (Wildman–Crippen MR) is 178 cm³/mol. The van der Waals surface area contributed by atoms with E-state index in [4.69, 9.17) is 11.6 Å². The molecule has 0 aliphatic carbocycles. The standard InChI is InChI=1S/C26H26ClNO3S2.C3H6.2C2H6/c1-6-8-17(3)23-14-22(25(32-23)26(29)30)28(15-20-10-7-9-16(2)11-20)33(31)24-13-18(4)21(27)12-19(24)5;1-3-2;2*1-2/h6-14H,3,15H2,1-2,4-5H3,(H,29,30);3H,1H2,2H3;2*1-2H3/b8-6-;;;. The molecule has 1 heterocycles. The molecule has 0 saturated carbocycles. The molecule has 218 valence electrons. The van der Waals surface area contributed by atoms with Crippen molar-refractivity contribution in [3.8, 4) is 0 Å². The van der Waals surface area contributed by atoms with Gasteiger partial charge in [-0.1, -0.05) is 93.9 Å². The minimum atomic E-state index is -1.67. The van der Waals surface area contributed by atoms with Gasteiger partial charge in [-0.15, -0.1) is 17.9 Å². The van der Waals surface area contributed by atoms with Crippen molar-refractivity contribution in [1.82, 2.24) is 0 Å². The Hall–Kier alpha value is -2.93. The summed E-state index contributed by atoms with van der Waals surface area (Å²) >= 11 is 7.40. The molecule has 3 aromatic rings. The molecule has 0 radical (unpaired) electrons. The Morgan fingerprint density at radius 3 is 2.17 bits per heavy atom. The Bertz CT molecular complexity index is 1330. The Kier molecular flexibility index (Phi) is 17.8. The maximum atomic E-state index is 14.0. The molecule has 1 atom stereocenters. The second-order valence-electron chi connectivity index (χ2n) is 8.21. The van der Waals surface area contributed by atoms with E-state index >= 15 is 0 Å². The third-order valence-corrected chi connectivity index (χ3v) is 8.25. The fourth-order valence-electron chi connectivity index (χ4n) is 3.43. The minimum Gasteiger partial charge on any atom is -0.477 e. The van der Waals surface area contributed by atoms with Crippen LogP contribution in [0, 0.1) is 20.8 Å². The molecule has 0 spiro atoms. The van der Waals surface area contributed by atoms with Crippen LogP contribution in [-0.4, -0.2) is 15.3 Å². The van der Waals surface area contributed by atoms with Crippen LogP contribution in [0.25, 0.3) is 5.57 Å². The average molecular weight is 602 g/mol. The minimum absolute atomic E-state index is 0.125. The number of carboxylic acids is 1. The van der Waals surface area contributed by atoms with Crippen LogP contribution in [0.3, 0.4) is 0 Å². The number of aryl methyl sites for hydroxylation is 3. The van der Waals surface area contributed by atoms with Crippen LogP contribution < -0.4 is 4.31 Å². The number of carboxylic acid groups (broad SMARTS) is 1. The summed E-state index contributed by atoms with van der Waals surface area (Å²) in [4.78, 5) is 13.6. The molecular weight excluding hydrogens is 558 g/mol. The maximum Gasteiger partial charge on any atom is 0.348 e. The van der Waals surface area contributed by atoms with E-state index in [0.717, 1.165) is 38.5 Å². The average Bonchev–Trinajstić information content (AvgIpc) is 3.38. The molecule has 40 heavy (non-hydrogen) atoms. The zero-order valence-electron chi connectivity index (χ0n) is 25.3. The number of halogens is 1. The zero-order chi connectivity index (χ0) is 31.0. The van der Waals surface area contributed by atoms with Crippen LogP contribution in [0.1, 0.15) is 78.3 Å². The first kappa shape index (κ1) is 37.1. The highest BCUT2D eigenvalue weighted by atomic mass is 35.5. The summed E-state index contributed by atoms with van der Waals surface area (Å²) in [7, 11) is -1.67. The van der Waals surface area contributed by atoms with E-state index in [0.29, 0.717) is 21.2 Å². The van der Waals surface area contributed by atoms with E-state index in [1.165, 1.54) is 0 Å². The third-order valence-electron chi connectivity index (χ3n) is 5.11. The lowest BCUT2D eigenvalue weighted by atomic mass is 10.1. The molecule has 1 aromatic heterocycles. The number of allylic oxidation sites excluding steroid dienone is 4. The van der Waals surface area contributed by atoms with Crippen molar-refractivity contribution >= 4 is 51.2 Å². The first-order chi connectivity index (χ1) is 19.0. The lowest BCUT2D eigenvalue weighted by Crippen LogP contribution is -2.27. The van der Waals surface area contributed by atoms with Gasteiger partial charge >= 0.3 is 5.97 Å². The number of aromatic carboxylic acids is 1. The summed E-state index contributed by atoms with van der Waals surface area (Å²) in [5.74, 6) is -1.07. The van der Waals surface area contributed by atoms with Gasteiger partial charge in [0, 0.05) is 9.90 Å². The van der Waals surface area contributed by atoms with Crippen LogP contribution in [0.5, 0.6) is 0 Å². The zero-order valence-corrected chi connectivity index (χ0v) is 27.7. The molecule has 0 saturated heterocycles. The highest BCUT2D eigenvalue weighted by Gasteiger charge is 2.27. The van der Waals surface area contributed by atoms with Crippen molar-refractivity contribution in [2.24, 2.45) is 0 Å². The summed E-state index contributed by atoms with van der Waals surface area (Å²) in [6.45, 7) is 25.2. The maximum absolute atomic E-state index is 14.0. The van der Waals surface area contributed by atoms with Crippen molar-refractivity contribution in [3.05, 3.63) is 111 Å². The molecule has 1 unspecified atom stereocenters. The van der Waals surface area contributed by atoms with E-state index in [2.05, 4.69) is 13.2 Å². The Labute approximate surface area is 253 Å². The number of carbonyl (C=O) groups is 1. The van der Waals surface area contributed by atoms with Gasteiger partial charge in [0.2, 0.25) is 0 Å². The number of hydrogen-bond donors (Lipinski definition) is 1. The molecule has 0 bridgehead atoms. The molecule has 7 heteroatoms. The third kappa shape index (κ3) is 10.6. The second kappa shape index (κ2) is 19.2. The highest BCUT2D eigenvalue weighted by Crippen LogP contribution is 2.38. The smallest absolute Gasteiger partial charge is 0.348 e. The number of benzene rings is 2. The first-order valence-electron chi connectivity index (χ1n) is 13.3. The summed E-state index contributed by atoms with van der Waals surface area (Å²) in [6.07, 6.45) is 5.43. The van der Waals surface area contributed by atoms with Gasteiger partial charge in [-0.25, -0.2) is 9.00 Å². The number of thiophene rings is 1.